The second-order valence-corrected chi connectivity index (χ2v) is 3.90. The van der Waals surface area contributed by atoms with Gasteiger partial charge in [-0.05, 0) is 22.9 Å². The molecule has 2 aromatic rings. The Morgan fingerprint density at radius 2 is 1.84 bits per heavy atom. The van der Waals surface area contributed by atoms with Gasteiger partial charge in [-0.15, -0.1) is 0 Å². The number of nitrogens with two attached hydrogens (primary N) is 1. The van der Waals surface area contributed by atoms with Gasteiger partial charge in [0.2, 0.25) is 5.91 Å². The van der Waals surface area contributed by atoms with Crippen molar-refractivity contribution in [2.45, 2.75) is 0 Å². The van der Waals surface area contributed by atoms with Crippen molar-refractivity contribution in [3.8, 4) is 5.75 Å². The standard InChI is InChI=1S/C13H12N2O4/c14-12(17)7-19-15-13(18)10-5-8-3-1-2-4-9(8)6-11(10)16/h1-6,16H,7H2,(H2,14,17)(H,15,18). The first kappa shape index (κ1) is 12.8. The third kappa shape index (κ3) is 2.99. The van der Waals surface area contributed by atoms with Crippen molar-refractivity contribution in [3.05, 3.63) is 42.0 Å². The van der Waals surface area contributed by atoms with Gasteiger partial charge in [-0.2, -0.15) is 0 Å². The molecule has 0 bridgehead atoms. The van der Waals surface area contributed by atoms with Crippen molar-refractivity contribution < 1.29 is 19.5 Å². The van der Waals surface area contributed by atoms with Gasteiger partial charge in [-0.1, -0.05) is 24.3 Å². The van der Waals surface area contributed by atoms with E-state index >= 15 is 0 Å². The van der Waals surface area contributed by atoms with Crippen LogP contribution >= 0.6 is 0 Å². The van der Waals surface area contributed by atoms with E-state index in [0.29, 0.717) is 0 Å². The molecule has 2 amide bonds. The lowest BCUT2D eigenvalue weighted by Crippen LogP contribution is -2.29. The lowest BCUT2D eigenvalue weighted by Gasteiger charge is -2.07. The average molecular weight is 260 g/mol. The van der Waals surface area contributed by atoms with Gasteiger partial charge < -0.3 is 10.8 Å². The van der Waals surface area contributed by atoms with Crippen LogP contribution in [-0.2, 0) is 9.63 Å². The molecule has 0 spiro atoms. The number of benzene rings is 2. The number of fused-ring (bicyclic) bond motifs is 1. The van der Waals surface area contributed by atoms with E-state index in [2.05, 4.69) is 4.84 Å². The van der Waals surface area contributed by atoms with Crippen LogP contribution in [0, 0.1) is 0 Å². The van der Waals surface area contributed by atoms with Crippen molar-refractivity contribution in [1.29, 1.82) is 0 Å². The fraction of sp³-hybridized carbons (Fsp3) is 0.0769. The zero-order chi connectivity index (χ0) is 13.8. The zero-order valence-corrected chi connectivity index (χ0v) is 9.92. The van der Waals surface area contributed by atoms with Crippen LogP contribution in [-0.4, -0.2) is 23.5 Å². The number of carbonyl (C=O) groups excluding carboxylic acids is 2. The fourth-order valence-electron chi connectivity index (χ4n) is 1.64. The summed E-state index contributed by atoms with van der Waals surface area (Å²) in [7, 11) is 0. The maximum Gasteiger partial charge on any atom is 0.278 e. The number of aromatic hydroxyl groups is 1. The molecule has 0 aliphatic heterocycles. The average Bonchev–Trinajstić information content (AvgIpc) is 2.37. The number of amides is 2. The summed E-state index contributed by atoms with van der Waals surface area (Å²) in [6.45, 7) is -0.430. The predicted octanol–water partition coefficient (Wildman–Crippen LogP) is 0.692. The molecule has 0 radical (unpaired) electrons. The Morgan fingerprint density at radius 3 is 2.47 bits per heavy atom. The third-order valence-electron chi connectivity index (χ3n) is 2.49. The van der Waals surface area contributed by atoms with Crippen LogP contribution in [0.5, 0.6) is 5.75 Å². The fourth-order valence-corrected chi connectivity index (χ4v) is 1.64. The van der Waals surface area contributed by atoms with E-state index in [1.165, 1.54) is 12.1 Å². The Bertz CT molecular complexity index is 640. The highest BCUT2D eigenvalue weighted by Crippen LogP contribution is 2.24. The molecule has 0 saturated carbocycles. The van der Waals surface area contributed by atoms with Crippen molar-refractivity contribution >= 4 is 22.6 Å². The number of rotatable bonds is 4. The van der Waals surface area contributed by atoms with E-state index < -0.39 is 18.4 Å². The molecule has 2 rings (SSSR count). The van der Waals surface area contributed by atoms with Crippen LogP contribution in [0.3, 0.4) is 0 Å². The van der Waals surface area contributed by atoms with E-state index in [-0.39, 0.29) is 11.3 Å². The number of phenols is 1. The molecule has 98 valence electrons. The molecule has 0 aromatic heterocycles. The molecule has 6 heteroatoms. The van der Waals surface area contributed by atoms with Gasteiger partial charge in [-0.3, -0.25) is 14.4 Å². The normalized spacial score (nSPS) is 10.3. The Hall–Kier alpha value is -2.60. The largest absolute Gasteiger partial charge is 0.507 e. The summed E-state index contributed by atoms with van der Waals surface area (Å²) < 4.78 is 0. The zero-order valence-electron chi connectivity index (χ0n) is 9.92. The van der Waals surface area contributed by atoms with Crippen LogP contribution in [0.15, 0.2) is 36.4 Å². The van der Waals surface area contributed by atoms with E-state index in [0.717, 1.165) is 10.8 Å². The Balaban J connectivity index is 2.21. The minimum absolute atomic E-state index is 0.0585. The predicted molar refractivity (Wildman–Crippen MR) is 68.2 cm³/mol. The number of hydrogen-bond acceptors (Lipinski definition) is 4. The number of hydrogen-bond donors (Lipinski definition) is 3. The van der Waals surface area contributed by atoms with Crippen molar-refractivity contribution in [1.82, 2.24) is 5.48 Å². The number of phenolic OH excluding ortho intramolecular Hbond substituents is 1. The first-order valence-corrected chi connectivity index (χ1v) is 5.50. The van der Waals surface area contributed by atoms with Gasteiger partial charge in [0.05, 0.1) is 5.56 Å². The van der Waals surface area contributed by atoms with Gasteiger partial charge in [-0.25, -0.2) is 5.48 Å². The molecular weight excluding hydrogens is 248 g/mol. The van der Waals surface area contributed by atoms with Gasteiger partial charge >= 0.3 is 0 Å². The summed E-state index contributed by atoms with van der Waals surface area (Å²) in [6.07, 6.45) is 0. The SMILES string of the molecule is NC(=O)CONC(=O)c1cc2ccccc2cc1O. The lowest BCUT2D eigenvalue weighted by atomic mass is 10.1. The Kier molecular flexibility index (Phi) is 3.63. The van der Waals surface area contributed by atoms with Gasteiger partial charge in [0.1, 0.15) is 5.75 Å². The topological polar surface area (TPSA) is 102 Å². The Labute approximate surface area is 108 Å². The van der Waals surface area contributed by atoms with Crippen molar-refractivity contribution in [2.75, 3.05) is 6.61 Å². The van der Waals surface area contributed by atoms with Crippen LogP contribution in [0.25, 0.3) is 10.8 Å². The highest BCUT2D eigenvalue weighted by molar-refractivity contribution is 6.01. The molecule has 2 aromatic carbocycles. The molecule has 0 saturated heterocycles. The molecule has 0 aliphatic carbocycles. The third-order valence-corrected chi connectivity index (χ3v) is 2.49. The molecule has 0 unspecified atom stereocenters. The van der Waals surface area contributed by atoms with Gasteiger partial charge in [0, 0.05) is 0 Å². The maximum atomic E-state index is 11.7. The maximum absolute atomic E-state index is 11.7. The molecule has 19 heavy (non-hydrogen) atoms. The van der Waals surface area contributed by atoms with E-state index in [1.54, 1.807) is 0 Å². The monoisotopic (exact) mass is 260 g/mol. The molecule has 4 N–H and O–H groups in total. The highest BCUT2D eigenvalue weighted by atomic mass is 16.7. The molecule has 0 aliphatic rings. The smallest absolute Gasteiger partial charge is 0.278 e. The quantitative estimate of drug-likeness (QED) is 0.704. The summed E-state index contributed by atoms with van der Waals surface area (Å²) >= 11 is 0. The lowest BCUT2D eigenvalue weighted by molar-refractivity contribution is -0.124. The first-order valence-electron chi connectivity index (χ1n) is 5.50. The summed E-state index contributed by atoms with van der Waals surface area (Å²) in [5.41, 5.74) is 6.95. The number of hydroxylamine groups is 1. The number of primary amides is 1. The van der Waals surface area contributed by atoms with Crippen LogP contribution in [0.1, 0.15) is 10.4 Å². The molecule has 6 nitrogen and oxygen atoms in total. The number of nitrogens with one attached hydrogen (secondary N) is 1. The van der Waals surface area contributed by atoms with Crippen LogP contribution in [0.4, 0.5) is 0 Å². The van der Waals surface area contributed by atoms with Crippen molar-refractivity contribution in [3.63, 3.8) is 0 Å². The van der Waals surface area contributed by atoms with E-state index in [4.69, 9.17) is 5.73 Å². The van der Waals surface area contributed by atoms with E-state index in [1.807, 2.05) is 29.7 Å². The second kappa shape index (κ2) is 5.36. The number of carbonyl (C=O) groups is 2. The summed E-state index contributed by atoms with van der Waals surface area (Å²) in [6, 6.07) is 10.3. The molecule has 0 fully saturated rings. The van der Waals surface area contributed by atoms with E-state index in [9.17, 15) is 14.7 Å². The van der Waals surface area contributed by atoms with Gasteiger partial charge in [0.25, 0.3) is 5.91 Å². The second-order valence-electron chi connectivity index (χ2n) is 3.90. The Morgan fingerprint density at radius 1 is 1.21 bits per heavy atom. The molecular formula is C13H12N2O4. The van der Waals surface area contributed by atoms with Gasteiger partial charge in [0.15, 0.2) is 6.61 Å². The first-order chi connectivity index (χ1) is 9.08. The van der Waals surface area contributed by atoms with Crippen LogP contribution in [0.2, 0.25) is 0 Å². The van der Waals surface area contributed by atoms with Crippen LogP contribution < -0.4 is 11.2 Å². The molecule has 0 heterocycles. The highest BCUT2D eigenvalue weighted by Gasteiger charge is 2.12. The summed E-state index contributed by atoms with van der Waals surface area (Å²) in [4.78, 5) is 26.8. The summed E-state index contributed by atoms with van der Waals surface area (Å²) in [5, 5.41) is 11.4. The molecule has 0 atom stereocenters. The minimum Gasteiger partial charge on any atom is -0.507 e. The van der Waals surface area contributed by atoms with Crippen molar-refractivity contribution in [2.24, 2.45) is 5.73 Å². The minimum atomic E-state index is -0.706. The summed E-state index contributed by atoms with van der Waals surface area (Å²) in [5.74, 6) is -1.52.